The molecule has 0 atom stereocenters. The Morgan fingerprint density at radius 3 is 2.33 bits per heavy atom. The average molecular weight is 562 g/mol. The summed E-state index contributed by atoms with van der Waals surface area (Å²) >= 11 is 6.30. The molecular weight excluding hydrogens is 534 g/mol. The first-order valence-electron chi connectivity index (χ1n) is 12.2. The third kappa shape index (κ3) is 7.77. The number of carbonyl (C=O) groups is 1. The number of hydrogen-bond donors (Lipinski definition) is 1. The summed E-state index contributed by atoms with van der Waals surface area (Å²) in [7, 11) is -4.00. The van der Waals surface area contributed by atoms with E-state index in [0.717, 1.165) is 15.4 Å². The zero-order valence-corrected chi connectivity index (χ0v) is 22.9. The molecule has 4 aromatic carbocycles. The highest BCUT2D eigenvalue weighted by Crippen LogP contribution is 2.23. The normalized spacial score (nSPS) is 11.6. The molecule has 0 saturated carbocycles. The Bertz CT molecular complexity index is 1540. The number of amides is 1. The average Bonchev–Trinajstić information content (AvgIpc) is 2.94. The summed E-state index contributed by atoms with van der Waals surface area (Å²) in [6.45, 7) is 1.72. The lowest BCUT2D eigenvalue weighted by molar-refractivity contribution is -0.121. The monoisotopic (exact) mass is 561 g/mol. The number of sulfonamides is 1. The van der Waals surface area contributed by atoms with E-state index < -0.39 is 22.5 Å². The van der Waals surface area contributed by atoms with E-state index >= 15 is 0 Å². The number of hydrogen-bond acceptors (Lipinski definition) is 5. The summed E-state index contributed by atoms with van der Waals surface area (Å²) in [6, 6.07) is 30.4. The van der Waals surface area contributed by atoms with E-state index in [-0.39, 0.29) is 11.4 Å². The summed E-state index contributed by atoms with van der Waals surface area (Å²) in [5.41, 5.74) is 5.61. The molecular formula is C30H28ClN3O4S. The number of benzene rings is 4. The number of carbonyl (C=O) groups excluding carboxylic acids is 1. The van der Waals surface area contributed by atoms with E-state index in [1.54, 1.807) is 36.4 Å². The minimum absolute atomic E-state index is 0.0802. The molecule has 0 heterocycles. The summed E-state index contributed by atoms with van der Waals surface area (Å²) in [4.78, 5) is 12.9. The minimum atomic E-state index is -4.00. The van der Waals surface area contributed by atoms with Crippen molar-refractivity contribution in [3.63, 3.8) is 0 Å². The molecule has 0 saturated heterocycles. The van der Waals surface area contributed by atoms with Gasteiger partial charge in [0, 0.05) is 17.1 Å². The zero-order chi connectivity index (χ0) is 27.7. The van der Waals surface area contributed by atoms with Crippen molar-refractivity contribution in [1.82, 2.24) is 9.73 Å². The van der Waals surface area contributed by atoms with Gasteiger partial charge in [0.2, 0.25) is 10.0 Å². The Hall–Kier alpha value is -3.98. The Labute approximate surface area is 233 Å². The van der Waals surface area contributed by atoms with Crippen LogP contribution in [0.4, 0.5) is 0 Å². The second-order valence-electron chi connectivity index (χ2n) is 8.78. The summed E-state index contributed by atoms with van der Waals surface area (Å²) in [5.74, 6) is -0.00155. The molecule has 7 nitrogen and oxygen atoms in total. The second-order valence-corrected chi connectivity index (χ2v) is 11.1. The van der Waals surface area contributed by atoms with Crippen LogP contribution in [0, 0.1) is 6.92 Å². The third-order valence-electron chi connectivity index (χ3n) is 5.83. The summed E-state index contributed by atoms with van der Waals surface area (Å²) < 4.78 is 33.9. The fraction of sp³-hybridized carbons (Fsp3) is 0.133. The van der Waals surface area contributed by atoms with E-state index in [2.05, 4.69) is 10.5 Å². The highest BCUT2D eigenvalue weighted by atomic mass is 35.5. The van der Waals surface area contributed by atoms with Gasteiger partial charge in [0.05, 0.1) is 17.7 Å². The van der Waals surface area contributed by atoms with Crippen LogP contribution in [0.5, 0.6) is 5.75 Å². The zero-order valence-electron chi connectivity index (χ0n) is 21.3. The molecule has 1 amide bonds. The maximum atomic E-state index is 13.5. The first-order chi connectivity index (χ1) is 18.8. The standard InChI is InChI=1S/C30H28ClN3O4S/c1-23-15-17-27(18-16-23)39(36,37)34(20-26-12-5-7-13-28(26)31)21-30(35)33-32-19-25-11-6-8-14-29(25)38-22-24-9-3-2-4-10-24/h2-19H,20-22H2,1H3,(H,33,35)/b32-19-. The van der Waals surface area contributed by atoms with Crippen LogP contribution < -0.4 is 10.2 Å². The number of para-hydroxylation sites is 1. The number of hydrazone groups is 1. The van der Waals surface area contributed by atoms with Gasteiger partial charge in [-0.2, -0.15) is 9.41 Å². The predicted octanol–water partition coefficient (Wildman–Crippen LogP) is 5.57. The molecule has 4 aromatic rings. The lowest BCUT2D eigenvalue weighted by Crippen LogP contribution is -2.39. The van der Waals surface area contributed by atoms with Gasteiger partial charge in [0.25, 0.3) is 5.91 Å². The Balaban J connectivity index is 1.47. The molecule has 0 aromatic heterocycles. The smallest absolute Gasteiger partial charge is 0.255 e. The van der Waals surface area contributed by atoms with Crippen LogP contribution >= 0.6 is 11.6 Å². The van der Waals surface area contributed by atoms with Gasteiger partial charge in [-0.25, -0.2) is 13.8 Å². The first kappa shape index (κ1) is 28.0. The molecule has 0 aliphatic heterocycles. The van der Waals surface area contributed by atoms with Crippen LogP contribution in [0.2, 0.25) is 5.02 Å². The SMILES string of the molecule is Cc1ccc(S(=O)(=O)N(CC(=O)N/N=C\c2ccccc2OCc2ccccc2)Cc2ccccc2Cl)cc1. The van der Waals surface area contributed by atoms with Gasteiger partial charge in [-0.3, -0.25) is 4.79 Å². The van der Waals surface area contributed by atoms with Crippen molar-refractivity contribution in [2.24, 2.45) is 5.10 Å². The fourth-order valence-corrected chi connectivity index (χ4v) is 5.29. The van der Waals surface area contributed by atoms with Crippen LogP contribution in [-0.4, -0.2) is 31.4 Å². The van der Waals surface area contributed by atoms with Crippen LogP contribution in [0.3, 0.4) is 0 Å². The van der Waals surface area contributed by atoms with Gasteiger partial charge < -0.3 is 4.74 Å². The van der Waals surface area contributed by atoms with E-state index in [1.165, 1.54) is 18.3 Å². The van der Waals surface area contributed by atoms with Crippen molar-refractivity contribution in [3.05, 3.63) is 130 Å². The Morgan fingerprint density at radius 2 is 1.59 bits per heavy atom. The van der Waals surface area contributed by atoms with Crippen molar-refractivity contribution in [1.29, 1.82) is 0 Å². The second kappa shape index (κ2) is 13.2. The molecule has 200 valence electrons. The van der Waals surface area contributed by atoms with Gasteiger partial charge in [-0.15, -0.1) is 0 Å². The van der Waals surface area contributed by atoms with Gasteiger partial charge in [-0.1, -0.05) is 90.0 Å². The summed E-state index contributed by atoms with van der Waals surface area (Å²) in [6.07, 6.45) is 1.46. The maximum absolute atomic E-state index is 13.5. The van der Waals surface area contributed by atoms with Crippen LogP contribution in [0.1, 0.15) is 22.3 Å². The fourth-order valence-electron chi connectivity index (χ4n) is 3.73. The number of rotatable bonds is 11. The molecule has 0 fully saturated rings. The Morgan fingerprint density at radius 1 is 0.923 bits per heavy atom. The molecule has 0 unspecified atom stereocenters. The highest BCUT2D eigenvalue weighted by Gasteiger charge is 2.27. The molecule has 0 bridgehead atoms. The molecule has 9 heteroatoms. The van der Waals surface area contributed by atoms with E-state index in [9.17, 15) is 13.2 Å². The quantitative estimate of drug-likeness (QED) is 0.192. The molecule has 4 rings (SSSR count). The minimum Gasteiger partial charge on any atom is -0.488 e. The van der Waals surface area contributed by atoms with E-state index in [4.69, 9.17) is 16.3 Å². The first-order valence-corrected chi connectivity index (χ1v) is 14.0. The van der Waals surface area contributed by atoms with Crippen LogP contribution in [0.15, 0.2) is 113 Å². The number of aryl methyl sites for hydroxylation is 1. The number of halogens is 1. The van der Waals surface area contributed by atoms with Gasteiger partial charge in [0.1, 0.15) is 12.4 Å². The lowest BCUT2D eigenvalue weighted by atomic mass is 10.2. The molecule has 0 spiro atoms. The van der Waals surface area contributed by atoms with Crippen molar-refractivity contribution in [2.75, 3.05) is 6.54 Å². The number of nitrogens with zero attached hydrogens (tertiary/aromatic N) is 2. The number of nitrogens with one attached hydrogen (secondary N) is 1. The van der Waals surface area contributed by atoms with E-state index in [1.807, 2.05) is 61.5 Å². The maximum Gasteiger partial charge on any atom is 0.255 e. The number of ether oxygens (including phenoxy) is 1. The topological polar surface area (TPSA) is 88.1 Å². The Kier molecular flexibility index (Phi) is 9.49. The van der Waals surface area contributed by atoms with Crippen molar-refractivity contribution in [2.45, 2.75) is 25.0 Å². The van der Waals surface area contributed by atoms with Crippen molar-refractivity contribution in [3.8, 4) is 5.75 Å². The molecule has 0 radical (unpaired) electrons. The van der Waals surface area contributed by atoms with Crippen LogP contribution in [-0.2, 0) is 28.0 Å². The lowest BCUT2D eigenvalue weighted by Gasteiger charge is -2.22. The largest absolute Gasteiger partial charge is 0.488 e. The third-order valence-corrected chi connectivity index (χ3v) is 8.01. The van der Waals surface area contributed by atoms with Crippen LogP contribution in [0.25, 0.3) is 0 Å². The summed E-state index contributed by atoms with van der Waals surface area (Å²) in [5, 5.41) is 4.46. The predicted molar refractivity (Wildman–Crippen MR) is 153 cm³/mol. The molecule has 1 N–H and O–H groups in total. The van der Waals surface area contributed by atoms with Gasteiger partial charge >= 0.3 is 0 Å². The van der Waals surface area contributed by atoms with E-state index in [0.29, 0.717) is 28.5 Å². The molecule has 39 heavy (non-hydrogen) atoms. The van der Waals surface area contributed by atoms with Crippen molar-refractivity contribution < 1.29 is 17.9 Å². The van der Waals surface area contributed by atoms with Crippen molar-refractivity contribution >= 4 is 33.7 Å². The van der Waals surface area contributed by atoms with Gasteiger partial charge in [0.15, 0.2) is 0 Å². The van der Waals surface area contributed by atoms with Gasteiger partial charge in [-0.05, 0) is 48.4 Å². The molecule has 0 aliphatic rings. The highest BCUT2D eigenvalue weighted by molar-refractivity contribution is 7.89. The molecule has 0 aliphatic carbocycles.